The van der Waals surface area contributed by atoms with Crippen LogP contribution in [0, 0.1) is 0 Å². The lowest BCUT2D eigenvalue weighted by atomic mass is 10.2. The first-order chi connectivity index (χ1) is 12.5. The van der Waals surface area contributed by atoms with E-state index in [0.29, 0.717) is 10.6 Å². The molecule has 1 amide bonds. The number of amides is 1. The third-order valence-corrected chi connectivity index (χ3v) is 6.19. The summed E-state index contributed by atoms with van der Waals surface area (Å²) < 4.78 is 31.4. The average molecular weight is 390 g/mol. The zero-order chi connectivity index (χ0) is 18.6. The summed E-state index contributed by atoms with van der Waals surface area (Å²) in [6.45, 7) is -0.119. The van der Waals surface area contributed by atoms with E-state index in [2.05, 4.69) is 5.32 Å². The summed E-state index contributed by atoms with van der Waals surface area (Å²) in [4.78, 5) is 12.4. The number of carbonyl (C=O) groups is 1. The smallest absolute Gasteiger partial charge is 0.251 e. The summed E-state index contributed by atoms with van der Waals surface area (Å²) in [7, 11) is -3.79. The molecule has 0 aliphatic carbocycles. The van der Waals surface area contributed by atoms with Crippen molar-refractivity contribution in [2.75, 3.05) is 6.54 Å². The van der Waals surface area contributed by atoms with Gasteiger partial charge in [-0.3, -0.25) is 4.79 Å². The van der Waals surface area contributed by atoms with Crippen LogP contribution < -0.4 is 5.32 Å². The predicted molar refractivity (Wildman–Crippen MR) is 98.9 cm³/mol. The maximum atomic E-state index is 13.0. The Labute approximate surface area is 156 Å². The Morgan fingerprint density at radius 2 is 1.69 bits per heavy atom. The van der Waals surface area contributed by atoms with E-state index in [1.807, 2.05) is 0 Å². The molecule has 26 heavy (non-hydrogen) atoms. The normalized spacial score (nSPS) is 12.5. The van der Waals surface area contributed by atoms with E-state index >= 15 is 0 Å². The molecule has 1 N–H and O–H groups in total. The lowest BCUT2D eigenvalue weighted by Crippen LogP contribution is -2.31. The van der Waals surface area contributed by atoms with Gasteiger partial charge in [-0.05, 0) is 48.5 Å². The van der Waals surface area contributed by atoms with E-state index in [1.54, 1.807) is 42.5 Å². The topological polar surface area (TPSA) is 76.4 Å². The second-order valence-corrected chi connectivity index (χ2v) is 8.15. The van der Waals surface area contributed by atoms with Crippen LogP contribution >= 0.6 is 11.6 Å². The number of sulfone groups is 1. The van der Waals surface area contributed by atoms with Crippen molar-refractivity contribution in [2.45, 2.75) is 10.1 Å². The number of nitrogens with one attached hydrogen (secondary N) is 1. The van der Waals surface area contributed by atoms with E-state index in [1.165, 1.54) is 30.5 Å². The SMILES string of the molecule is O=C(NCC(c1ccco1)S(=O)(=O)c1ccc(Cl)cc1)c1ccccc1. The van der Waals surface area contributed by atoms with Gasteiger partial charge in [0.25, 0.3) is 5.91 Å². The van der Waals surface area contributed by atoms with Crippen molar-refractivity contribution in [3.63, 3.8) is 0 Å². The third-order valence-electron chi connectivity index (χ3n) is 3.86. The van der Waals surface area contributed by atoms with Crippen LogP contribution in [0.2, 0.25) is 5.02 Å². The molecule has 0 aliphatic heterocycles. The molecule has 134 valence electrons. The number of furan rings is 1. The van der Waals surface area contributed by atoms with Crippen LogP contribution in [-0.2, 0) is 9.84 Å². The highest BCUT2D eigenvalue weighted by atomic mass is 35.5. The molecule has 0 saturated carbocycles. The molecule has 3 aromatic rings. The first-order valence-electron chi connectivity index (χ1n) is 7.84. The largest absolute Gasteiger partial charge is 0.468 e. The maximum absolute atomic E-state index is 13.0. The molecule has 0 radical (unpaired) electrons. The van der Waals surface area contributed by atoms with E-state index in [4.69, 9.17) is 16.0 Å². The van der Waals surface area contributed by atoms with Crippen molar-refractivity contribution >= 4 is 27.3 Å². The number of halogens is 1. The number of rotatable bonds is 6. The second-order valence-electron chi connectivity index (χ2n) is 5.58. The third kappa shape index (κ3) is 3.98. The van der Waals surface area contributed by atoms with Gasteiger partial charge in [-0.15, -0.1) is 0 Å². The number of hydrogen-bond acceptors (Lipinski definition) is 4. The van der Waals surface area contributed by atoms with E-state index in [9.17, 15) is 13.2 Å². The Balaban J connectivity index is 1.86. The highest BCUT2D eigenvalue weighted by Crippen LogP contribution is 2.29. The molecule has 0 aliphatic rings. The van der Waals surface area contributed by atoms with Gasteiger partial charge in [-0.25, -0.2) is 8.42 Å². The minimum atomic E-state index is -3.79. The molecular formula is C19H16ClNO4S. The monoisotopic (exact) mass is 389 g/mol. The molecule has 0 fully saturated rings. The van der Waals surface area contributed by atoms with Crippen molar-refractivity contribution in [2.24, 2.45) is 0 Å². The fraction of sp³-hybridized carbons (Fsp3) is 0.105. The Hall–Kier alpha value is -2.57. The predicted octanol–water partition coefficient (Wildman–Crippen LogP) is 3.88. The quantitative estimate of drug-likeness (QED) is 0.694. The minimum absolute atomic E-state index is 0.109. The average Bonchev–Trinajstić information content (AvgIpc) is 3.17. The van der Waals surface area contributed by atoms with Crippen LogP contribution in [0.3, 0.4) is 0 Å². The summed E-state index contributed by atoms with van der Waals surface area (Å²) in [5, 5.41) is 2.06. The Kier molecular flexibility index (Phi) is 5.44. The van der Waals surface area contributed by atoms with Crippen LogP contribution in [0.4, 0.5) is 0 Å². The van der Waals surface area contributed by atoms with Crippen molar-refractivity contribution in [1.82, 2.24) is 5.32 Å². The van der Waals surface area contributed by atoms with Crippen LogP contribution in [0.15, 0.2) is 82.3 Å². The molecule has 1 aromatic heterocycles. The summed E-state index contributed by atoms with van der Waals surface area (Å²) in [5.74, 6) is -0.0956. The lowest BCUT2D eigenvalue weighted by Gasteiger charge is -2.17. The standard InChI is InChI=1S/C19H16ClNO4S/c20-15-8-10-16(11-9-15)26(23,24)18(17-7-4-12-25-17)13-21-19(22)14-5-2-1-3-6-14/h1-12,18H,13H2,(H,21,22). The van der Waals surface area contributed by atoms with Crippen molar-refractivity contribution < 1.29 is 17.6 Å². The summed E-state index contributed by atoms with van der Waals surface area (Å²) in [6, 6.07) is 17.7. The molecule has 3 rings (SSSR count). The molecule has 2 aromatic carbocycles. The summed E-state index contributed by atoms with van der Waals surface area (Å²) in [6.07, 6.45) is 1.40. The summed E-state index contributed by atoms with van der Waals surface area (Å²) >= 11 is 5.84. The zero-order valence-corrected chi connectivity index (χ0v) is 15.2. The van der Waals surface area contributed by atoms with Gasteiger partial charge in [0.05, 0.1) is 11.2 Å². The van der Waals surface area contributed by atoms with Crippen molar-refractivity contribution in [3.8, 4) is 0 Å². The van der Waals surface area contributed by atoms with E-state index in [0.717, 1.165) is 0 Å². The van der Waals surface area contributed by atoms with Crippen LogP contribution in [0.25, 0.3) is 0 Å². The maximum Gasteiger partial charge on any atom is 0.251 e. The summed E-state index contributed by atoms with van der Waals surface area (Å²) in [5.41, 5.74) is 0.453. The molecule has 7 heteroatoms. The molecule has 1 atom stereocenters. The molecule has 5 nitrogen and oxygen atoms in total. The Morgan fingerprint density at radius 1 is 1.00 bits per heavy atom. The Bertz CT molecular complexity index is 968. The minimum Gasteiger partial charge on any atom is -0.468 e. The molecular weight excluding hydrogens is 374 g/mol. The number of hydrogen-bond donors (Lipinski definition) is 1. The van der Waals surface area contributed by atoms with Crippen LogP contribution in [-0.4, -0.2) is 20.9 Å². The molecule has 1 heterocycles. The van der Waals surface area contributed by atoms with Gasteiger partial charge in [0, 0.05) is 17.1 Å². The van der Waals surface area contributed by atoms with Crippen molar-refractivity contribution in [1.29, 1.82) is 0 Å². The molecule has 0 bridgehead atoms. The fourth-order valence-electron chi connectivity index (χ4n) is 2.50. The van der Waals surface area contributed by atoms with Gasteiger partial charge in [0.2, 0.25) is 0 Å². The molecule has 0 spiro atoms. The van der Waals surface area contributed by atoms with Gasteiger partial charge < -0.3 is 9.73 Å². The highest BCUT2D eigenvalue weighted by Gasteiger charge is 2.31. The van der Waals surface area contributed by atoms with E-state index in [-0.39, 0.29) is 23.1 Å². The van der Waals surface area contributed by atoms with Crippen LogP contribution in [0.1, 0.15) is 21.4 Å². The van der Waals surface area contributed by atoms with Gasteiger partial charge in [-0.2, -0.15) is 0 Å². The highest BCUT2D eigenvalue weighted by molar-refractivity contribution is 7.91. The van der Waals surface area contributed by atoms with Gasteiger partial charge >= 0.3 is 0 Å². The van der Waals surface area contributed by atoms with Gasteiger partial charge in [0.15, 0.2) is 9.84 Å². The first kappa shape index (κ1) is 18.2. The van der Waals surface area contributed by atoms with Crippen molar-refractivity contribution in [3.05, 3.63) is 89.3 Å². The number of carbonyl (C=O) groups excluding carboxylic acids is 1. The second kappa shape index (κ2) is 7.76. The Morgan fingerprint density at radius 3 is 2.31 bits per heavy atom. The number of benzene rings is 2. The van der Waals surface area contributed by atoms with Gasteiger partial charge in [-0.1, -0.05) is 29.8 Å². The lowest BCUT2D eigenvalue weighted by molar-refractivity contribution is 0.0953. The zero-order valence-electron chi connectivity index (χ0n) is 13.6. The van der Waals surface area contributed by atoms with Gasteiger partial charge in [0.1, 0.15) is 11.0 Å². The first-order valence-corrected chi connectivity index (χ1v) is 9.77. The fourth-order valence-corrected chi connectivity index (χ4v) is 4.22. The molecule has 1 unspecified atom stereocenters. The van der Waals surface area contributed by atoms with Crippen LogP contribution in [0.5, 0.6) is 0 Å². The molecule has 0 saturated heterocycles. The van der Waals surface area contributed by atoms with E-state index < -0.39 is 15.1 Å².